The van der Waals surface area contributed by atoms with Gasteiger partial charge in [0.15, 0.2) is 5.78 Å². The molecule has 0 aliphatic rings. The monoisotopic (exact) mass is 302 g/mol. The van der Waals surface area contributed by atoms with Gasteiger partial charge in [-0.2, -0.15) is 0 Å². The highest BCUT2D eigenvalue weighted by atomic mass is 35.5. The van der Waals surface area contributed by atoms with Gasteiger partial charge in [-0.1, -0.05) is 49.7 Å². The van der Waals surface area contributed by atoms with Crippen LogP contribution in [0.5, 0.6) is 5.75 Å². The molecule has 2 aromatic rings. The Labute approximate surface area is 130 Å². The summed E-state index contributed by atoms with van der Waals surface area (Å²) in [4.78, 5) is 12.4. The van der Waals surface area contributed by atoms with Crippen LogP contribution in [0.1, 0.15) is 41.3 Å². The van der Waals surface area contributed by atoms with Crippen molar-refractivity contribution in [3.05, 3.63) is 64.2 Å². The topological polar surface area (TPSA) is 26.3 Å². The summed E-state index contributed by atoms with van der Waals surface area (Å²) in [6, 6.07) is 13.3. The zero-order valence-electron chi connectivity index (χ0n) is 12.5. The summed E-state index contributed by atoms with van der Waals surface area (Å²) >= 11 is 5.92. The van der Waals surface area contributed by atoms with E-state index in [1.54, 1.807) is 25.3 Å². The maximum atomic E-state index is 12.4. The minimum atomic E-state index is 0.0285. The maximum absolute atomic E-state index is 12.4. The lowest BCUT2D eigenvalue weighted by molar-refractivity contribution is 0.0990. The highest BCUT2D eigenvalue weighted by molar-refractivity contribution is 6.30. The number of carbonyl (C=O) groups excluding carboxylic acids is 1. The molecule has 2 aromatic carbocycles. The van der Waals surface area contributed by atoms with Crippen LogP contribution in [0.4, 0.5) is 0 Å². The first kappa shape index (κ1) is 15.6. The average molecular weight is 303 g/mol. The second kappa shape index (κ2) is 6.77. The average Bonchev–Trinajstić information content (AvgIpc) is 2.47. The molecular weight excluding hydrogens is 284 g/mol. The summed E-state index contributed by atoms with van der Waals surface area (Å²) < 4.78 is 5.23. The number of methoxy groups -OCH3 is 1. The van der Waals surface area contributed by atoms with Gasteiger partial charge >= 0.3 is 0 Å². The molecule has 2 rings (SSSR count). The normalized spacial score (nSPS) is 10.7. The number of carbonyl (C=O) groups is 1. The predicted octanol–water partition coefficient (Wildman–Crippen LogP) is 4.90. The lowest BCUT2D eigenvalue weighted by Gasteiger charge is -2.09. The van der Waals surface area contributed by atoms with Crippen LogP contribution in [0, 0.1) is 0 Å². The van der Waals surface area contributed by atoms with Gasteiger partial charge in [-0.3, -0.25) is 4.79 Å². The minimum absolute atomic E-state index is 0.0285. The van der Waals surface area contributed by atoms with Crippen molar-refractivity contribution in [3.8, 4) is 5.75 Å². The van der Waals surface area contributed by atoms with Crippen LogP contribution < -0.4 is 4.74 Å². The van der Waals surface area contributed by atoms with Crippen LogP contribution in [-0.4, -0.2) is 12.9 Å². The fourth-order valence-electron chi connectivity index (χ4n) is 2.20. The number of ketones is 1. The predicted molar refractivity (Wildman–Crippen MR) is 86.6 cm³/mol. The summed E-state index contributed by atoms with van der Waals surface area (Å²) in [5.41, 5.74) is 2.84. The van der Waals surface area contributed by atoms with E-state index in [4.69, 9.17) is 16.3 Å². The highest BCUT2D eigenvalue weighted by Gasteiger charge is 2.13. The van der Waals surface area contributed by atoms with Gasteiger partial charge in [0.1, 0.15) is 5.75 Å². The van der Waals surface area contributed by atoms with Crippen LogP contribution in [-0.2, 0) is 6.42 Å². The molecule has 0 spiro atoms. The molecule has 0 saturated carbocycles. The standard InChI is InChI=1S/C18H19ClO2/c1-12(2)14-6-4-13(5-7-14)10-17(20)16-9-8-15(19)11-18(16)21-3/h4-9,11-12H,10H2,1-3H3. The number of halogens is 1. The largest absolute Gasteiger partial charge is 0.496 e. The fraction of sp³-hybridized carbons (Fsp3) is 0.278. The van der Waals surface area contributed by atoms with E-state index in [1.165, 1.54) is 5.56 Å². The molecule has 0 amide bonds. The van der Waals surface area contributed by atoms with E-state index in [1.807, 2.05) is 12.1 Å². The van der Waals surface area contributed by atoms with Crippen molar-refractivity contribution >= 4 is 17.4 Å². The molecule has 21 heavy (non-hydrogen) atoms. The minimum Gasteiger partial charge on any atom is -0.496 e. The maximum Gasteiger partial charge on any atom is 0.170 e. The second-order valence-electron chi connectivity index (χ2n) is 5.34. The Morgan fingerprint density at radius 2 is 1.81 bits per heavy atom. The van der Waals surface area contributed by atoms with Gasteiger partial charge < -0.3 is 4.74 Å². The van der Waals surface area contributed by atoms with Gasteiger partial charge in [-0.15, -0.1) is 0 Å². The Balaban J connectivity index is 2.18. The smallest absolute Gasteiger partial charge is 0.170 e. The molecular formula is C18H19ClO2. The van der Waals surface area contributed by atoms with E-state index in [0.717, 1.165) is 5.56 Å². The molecule has 0 atom stereocenters. The van der Waals surface area contributed by atoms with E-state index >= 15 is 0 Å². The first-order chi connectivity index (χ1) is 10.0. The summed E-state index contributed by atoms with van der Waals surface area (Å²) in [5.74, 6) is 1.04. The molecule has 0 fully saturated rings. The molecule has 0 saturated heterocycles. The number of Topliss-reactive ketones (excluding diaryl/α,β-unsaturated/α-hetero) is 1. The van der Waals surface area contributed by atoms with Gasteiger partial charge in [0.05, 0.1) is 12.7 Å². The number of benzene rings is 2. The van der Waals surface area contributed by atoms with Crippen LogP contribution in [0.15, 0.2) is 42.5 Å². The van der Waals surface area contributed by atoms with Crippen molar-refractivity contribution in [3.63, 3.8) is 0 Å². The van der Waals surface area contributed by atoms with E-state index in [0.29, 0.717) is 28.7 Å². The first-order valence-corrected chi connectivity index (χ1v) is 7.34. The van der Waals surface area contributed by atoms with E-state index in [2.05, 4.69) is 26.0 Å². The fourth-order valence-corrected chi connectivity index (χ4v) is 2.36. The molecule has 0 aromatic heterocycles. The SMILES string of the molecule is COc1cc(Cl)ccc1C(=O)Cc1ccc(C(C)C)cc1. The van der Waals surface area contributed by atoms with Crippen molar-refractivity contribution in [2.75, 3.05) is 7.11 Å². The Hall–Kier alpha value is -1.80. The lowest BCUT2D eigenvalue weighted by atomic mass is 9.98. The molecule has 0 heterocycles. The summed E-state index contributed by atoms with van der Waals surface area (Å²) in [6.07, 6.45) is 0.358. The van der Waals surface area contributed by atoms with Crippen LogP contribution in [0.3, 0.4) is 0 Å². The van der Waals surface area contributed by atoms with E-state index in [9.17, 15) is 4.79 Å². The number of rotatable bonds is 5. The molecule has 0 aliphatic heterocycles. The van der Waals surface area contributed by atoms with Crippen molar-refractivity contribution in [1.82, 2.24) is 0 Å². The van der Waals surface area contributed by atoms with Crippen molar-refractivity contribution in [2.24, 2.45) is 0 Å². The van der Waals surface area contributed by atoms with Crippen molar-refractivity contribution < 1.29 is 9.53 Å². The quantitative estimate of drug-likeness (QED) is 0.734. The van der Waals surface area contributed by atoms with Gasteiger partial charge in [-0.25, -0.2) is 0 Å². The molecule has 0 radical (unpaired) electrons. The number of hydrogen-bond donors (Lipinski definition) is 0. The van der Waals surface area contributed by atoms with Crippen LogP contribution >= 0.6 is 11.6 Å². The first-order valence-electron chi connectivity index (χ1n) is 6.97. The lowest BCUT2D eigenvalue weighted by Crippen LogP contribution is -2.06. The van der Waals surface area contributed by atoms with Gasteiger partial charge in [0.2, 0.25) is 0 Å². The Bertz CT molecular complexity index is 630. The molecule has 0 unspecified atom stereocenters. The Morgan fingerprint density at radius 1 is 1.14 bits per heavy atom. The molecule has 2 nitrogen and oxygen atoms in total. The Morgan fingerprint density at radius 3 is 2.38 bits per heavy atom. The summed E-state index contributed by atoms with van der Waals surface area (Å²) in [6.45, 7) is 4.30. The Kier molecular flexibility index (Phi) is 5.03. The third-order valence-electron chi connectivity index (χ3n) is 3.48. The third kappa shape index (κ3) is 3.85. The van der Waals surface area contributed by atoms with Crippen molar-refractivity contribution in [1.29, 1.82) is 0 Å². The number of ether oxygens (including phenoxy) is 1. The molecule has 0 aliphatic carbocycles. The third-order valence-corrected chi connectivity index (χ3v) is 3.71. The zero-order valence-corrected chi connectivity index (χ0v) is 13.3. The van der Waals surface area contributed by atoms with E-state index < -0.39 is 0 Å². The number of hydrogen-bond acceptors (Lipinski definition) is 2. The highest BCUT2D eigenvalue weighted by Crippen LogP contribution is 2.25. The van der Waals surface area contributed by atoms with Gasteiger partial charge in [-0.05, 0) is 35.2 Å². The molecule has 0 bridgehead atoms. The van der Waals surface area contributed by atoms with Crippen molar-refractivity contribution in [2.45, 2.75) is 26.2 Å². The summed E-state index contributed by atoms with van der Waals surface area (Å²) in [5, 5.41) is 0.560. The van der Waals surface area contributed by atoms with Gasteiger partial charge in [0, 0.05) is 11.4 Å². The van der Waals surface area contributed by atoms with E-state index in [-0.39, 0.29) is 5.78 Å². The molecule has 110 valence electrons. The zero-order chi connectivity index (χ0) is 15.4. The summed E-state index contributed by atoms with van der Waals surface area (Å²) in [7, 11) is 1.54. The van der Waals surface area contributed by atoms with Crippen LogP contribution in [0.25, 0.3) is 0 Å². The van der Waals surface area contributed by atoms with Gasteiger partial charge in [0.25, 0.3) is 0 Å². The second-order valence-corrected chi connectivity index (χ2v) is 5.78. The van der Waals surface area contributed by atoms with Crippen LogP contribution in [0.2, 0.25) is 5.02 Å². The molecule has 3 heteroatoms. The molecule has 0 N–H and O–H groups in total.